The zero-order valence-corrected chi connectivity index (χ0v) is 48.1. The Morgan fingerprint density at radius 1 is 0.500 bits per heavy atom. The minimum Gasteiger partial charge on any atom is -0.264 e. The summed E-state index contributed by atoms with van der Waals surface area (Å²) in [7, 11) is -13.8. The summed E-state index contributed by atoms with van der Waals surface area (Å²) in [5.41, 5.74) is -3.11. The van der Waals surface area contributed by atoms with E-state index in [9.17, 15) is 33.7 Å². The predicted molar refractivity (Wildman–Crippen MR) is 263 cm³/mol. The average molecular weight is 994 g/mol. The van der Waals surface area contributed by atoms with Crippen LogP contribution in [0.3, 0.4) is 0 Å². The van der Waals surface area contributed by atoms with E-state index < -0.39 is 82.5 Å². The van der Waals surface area contributed by atoms with Crippen LogP contribution in [0.1, 0.15) is 224 Å². The fourth-order valence-electron chi connectivity index (χ4n) is 9.72. The molecule has 0 radical (unpaired) electrons. The highest BCUT2D eigenvalue weighted by molar-refractivity contribution is 7.89. The van der Waals surface area contributed by atoms with E-state index in [2.05, 4.69) is 55.4 Å². The van der Waals surface area contributed by atoms with Crippen LogP contribution in [0.2, 0.25) is 0 Å². The first kappa shape index (κ1) is 61.7. The first-order valence-electron chi connectivity index (χ1n) is 23.9. The van der Waals surface area contributed by atoms with Gasteiger partial charge in [0.2, 0.25) is 0 Å². The van der Waals surface area contributed by atoms with Crippen LogP contribution in [-0.2, 0) is 57.2 Å². The standard InChI is InChI=1S/C13H26O3S.2C12H24O3S.C11H22O3S/c1-8-10(2)9-13(7)11(3,4)12(5,6)16-17(13,14)15;1-7-9(2)8-10-11(3,4)12(5,6)15-16(10,13)14;1-7-9(2)8-12(6)10(3)11(4,5)15-16(12,13)14;1-6-9(2)7-11(5)8-10(3,4)14-15(11,12)13/h10H,8-9H2,1-7H3;2*9-10H,7-8H2,1-6H3;9H,6-8H2,1-5H3. The van der Waals surface area contributed by atoms with Gasteiger partial charge in [-0.1, -0.05) is 116 Å². The highest BCUT2D eigenvalue weighted by atomic mass is 32.2. The van der Waals surface area contributed by atoms with Crippen molar-refractivity contribution in [2.75, 3.05) is 0 Å². The van der Waals surface area contributed by atoms with Crippen LogP contribution in [0.25, 0.3) is 0 Å². The van der Waals surface area contributed by atoms with Crippen molar-refractivity contribution in [3.63, 3.8) is 0 Å². The van der Waals surface area contributed by atoms with Crippen molar-refractivity contribution < 1.29 is 50.4 Å². The van der Waals surface area contributed by atoms with Gasteiger partial charge in [-0.3, -0.25) is 16.7 Å². The van der Waals surface area contributed by atoms with E-state index in [-0.39, 0.29) is 16.6 Å². The van der Waals surface area contributed by atoms with Crippen molar-refractivity contribution >= 4 is 40.5 Å². The largest absolute Gasteiger partial charge is 0.274 e. The number of hydrogen-bond donors (Lipinski definition) is 0. The molecule has 384 valence electrons. The quantitative estimate of drug-likeness (QED) is 0.170. The molecular formula is C48H96O12S4. The Morgan fingerprint density at radius 2 is 0.922 bits per heavy atom. The minimum absolute atomic E-state index is 0.0130. The van der Waals surface area contributed by atoms with Gasteiger partial charge in [0, 0.05) is 16.7 Å². The van der Waals surface area contributed by atoms with Crippen LogP contribution < -0.4 is 0 Å². The van der Waals surface area contributed by atoms with Crippen molar-refractivity contribution in [3.8, 4) is 0 Å². The highest BCUT2D eigenvalue weighted by Crippen LogP contribution is 2.58. The second kappa shape index (κ2) is 20.2. The van der Waals surface area contributed by atoms with E-state index in [1.54, 1.807) is 0 Å². The van der Waals surface area contributed by atoms with Gasteiger partial charge >= 0.3 is 0 Å². The Balaban J connectivity index is 0.000000427. The van der Waals surface area contributed by atoms with Crippen LogP contribution in [0.15, 0.2) is 0 Å². The molecule has 0 N–H and O–H groups in total. The van der Waals surface area contributed by atoms with Gasteiger partial charge < -0.3 is 0 Å². The van der Waals surface area contributed by atoms with E-state index in [1.807, 2.05) is 111 Å². The molecule has 0 aromatic rings. The molecule has 0 amide bonds. The maximum absolute atomic E-state index is 12.3. The van der Waals surface area contributed by atoms with Gasteiger partial charge in [-0.2, -0.15) is 33.7 Å². The molecule has 4 aliphatic rings. The lowest BCUT2D eigenvalue weighted by Crippen LogP contribution is -2.50. The van der Waals surface area contributed by atoms with Gasteiger partial charge in [-0.25, -0.2) is 0 Å². The van der Waals surface area contributed by atoms with Crippen molar-refractivity contribution in [2.24, 2.45) is 40.4 Å². The van der Waals surface area contributed by atoms with E-state index >= 15 is 0 Å². The fourth-order valence-corrected chi connectivity index (χ4v) is 18.5. The van der Waals surface area contributed by atoms with E-state index in [0.29, 0.717) is 55.8 Å². The maximum Gasteiger partial charge on any atom is 0.274 e. The molecule has 0 aromatic carbocycles. The molecule has 0 aliphatic carbocycles. The summed E-state index contributed by atoms with van der Waals surface area (Å²) in [6, 6.07) is 0. The summed E-state index contributed by atoms with van der Waals surface area (Å²) < 4.78 is 116. The predicted octanol–water partition coefficient (Wildman–Crippen LogP) is 12.0. The van der Waals surface area contributed by atoms with E-state index in [1.165, 1.54) is 0 Å². The Hall–Kier alpha value is -0.360. The smallest absolute Gasteiger partial charge is 0.264 e. The maximum atomic E-state index is 12.3. The molecule has 9 atom stereocenters. The summed E-state index contributed by atoms with van der Waals surface area (Å²) in [6.45, 7) is 47.0. The van der Waals surface area contributed by atoms with E-state index in [0.717, 1.165) is 25.7 Å². The molecule has 4 aliphatic heterocycles. The van der Waals surface area contributed by atoms with Crippen LogP contribution >= 0.6 is 0 Å². The first-order valence-corrected chi connectivity index (χ1v) is 29.6. The summed E-state index contributed by atoms with van der Waals surface area (Å²) in [5, 5.41) is -0.384. The van der Waals surface area contributed by atoms with E-state index in [4.69, 9.17) is 16.7 Å². The van der Waals surface area contributed by atoms with Crippen LogP contribution in [0, 0.1) is 40.4 Å². The molecule has 64 heavy (non-hydrogen) atoms. The molecule has 4 saturated heterocycles. The van der Waals surface area contributed by atoms with Gasteiger partial charge in [-0.05, 0) is 132 Å². The number of rotatable bonds is 12. The highest BCUT2D eigenvalue weighted by Gasteiger charge is 2.67. The molecule has 4 heterocycles. The molecule has 0 bridgehead atoms. The lowest BCUT2D eigenvalue weighted by Gasteiger charge is -2.41. The lowest BCUT2D eigenvalue weighted by molar-refractivity contribution is 0.0131. The monoisotopic (exact) mass is 993 g/mol. The van der Waals surface area contributed by atoms with Crippen molar-refractivity contribution in [2.45, 2.75) is 266 Å². The van der Waals surface area contributed by atoms with Gasteiger partial charge in [-0.15, -0.1) is 0 Å². The number of hydrogen-bond acceptors (Lipinski definition) is 12. The molecule has 16 heteroatoms. The third-order valence-electron chi connectivity index (χ3n) is 17.0. The Morgan fingerprint density at radius 3 is 1.23 bits per heavy atom. The third kappa shape index (κ3) is 12.5. The Labute approximate surface area is 395 Å². The SMILES string of the molecule is CCC(C)CC1(C)C(C)(C)C(C)(C)OS1(=O)=O.CCC(C)CC1(C)C(C)C(C)(C)OS1(=O)=O.CCC(C)CC1(C)CC(C)(C)OS1(=O)=O.CCC(C)CC1C(C)(C)C(C)(C)OS1(=O)=O. The summed E-state index contributed by atoms with van der Waals surface area (Å²) >= 11 is 0. The normalized spacial score (nSPS) is 35.5. The van der Waals surface area contributed by atoms with Crippen LogP contribution in [0.4, 0.5) is 0 Å². The molecular weight excluding hydrogens is 897 g/mol. The van der Waals surface area contributed by atoms with Gasteiger partial charge in [0.05, 0.1) is 32.4 Å². The molecule has 4 rings (SSSR count). The fraction of sp³-hybridized carbons (Fsp3) is 1.00. The van der Waals surface area contributed by atoms with Gasteiger partial charge in [0.15, 0.2) is 0 Å². The average Bonchev–Trinajstić information content (AvgIpc) is 3.45. The second-order valence-electron chi connectivity index (χ2n) is 24.2. The van der Waals surface area contributed by atoms with Crippen molar-refractivity contribution in [1.82, 2.24) is 0 Å². The topological polar surface area (TPSA) is 173 Å². The molecule has 0 aromatic heterocycles. The van der Waals surface area contributed by atoms with Gasteiger partial charge in [0.25, 0.3) is 40.5 Å². The molecule has 0 saturated carbocycles. The Bertz CT molecular complexity index is 2020. The third-order valence-corrected chi connectivity index (χ3v) is 26.0. The summed E-state index contributed by atoms with van der Waals surface area (Å²) in [6.07, 6.45) is 7.30. The van der Waals surface area contributed by atoms with Gasteiger partial charge in [0.1, 0.15) is 9.49 Å². The second-order valence-corrected chi connectivity index (χ2v) is 32.0. The van der Waals surface area contributed by atoms with Crippen molar-refractivity contribution in [3.05, 3.63) is 0 Å². The van der Waals surface area contributed by atoms with Crippen LogP contribution in [-0.4, -0.2) is 75.6 Å². The first-order chi connectivity index (χ1) is 28.1. The molecule has 12 nitrogen and oxygen atoms in total. The van der Waals surface area contributed by atoms with Crippen LogP contribution in [0.5, 0.6) is 0 Å². The summed E-state index contributed by atoms with van der Waals surface area (Å²) in [4.78, 5) is 0. The Kier molecular flexibility index (Phi) is 19.4. The lowest BCUT2D eigenvalue weighted by atomic mass is 9.65. The van der Waals surface area contributed by atoms with Crippen molar-refractivity contribution in [1.29, 1.82) is 0 Å². The zero-order valence-electron chi connectivity index (χ0n) is 44.9. The molecule has 4 fully saturated rings. The summed E-state index contributed by atoms with van der Waals surface area (Å²) in [5.74, 6) is 1.63. The zero-order chi connectivity index (χ0) is 51.2. The molecule has 9 unspecified atom stereocenters. The minimum atomic E-state index is -3.51. The molecule has 0 spiro atoms.